The zero-order valence-electron chi connectivity index (χ0n) is 13.3. The predicted octanol–water partition coefficient (Wildman–Crippen LogP) is 4.65. The fourth-order valence-corrected chi connectivity index (χ4v) is 2.85. The number of nitrogens with one attached hydrogen (secondary N) is 2. The molecule has 1 fully saturated rings. The molecular weight excluding hydrogens is 366 g/mol. The molecule has 2 N–H and O–H groups in total. The number of amides is 2. The third kappa shape index (κ3) is 4.11. The van der Waals surface area contributed by atoms with Crippen LogP contribution in [0.25, 0.3) is 0 Å². The first kappa shape index (κ1) is 17.7. The van der Waals surface area contributed by atoms with Crippen LogP contribution >= 0.6 is 23.2 Å². The highest BCUT2D eigenvalue weighted by Crippen LogP contribution is 2.40. The van der Waals surface area contributed by atoms with Crippen LogP contribution < -0.4 is 10.6 Å². The van der Waals surface area contributed by atoms with Gasteiger partial charge in [0.05, 0.1) is 16.9 Å². The van der Waals surface area contributed by atoms with E-state index in [2.05, 4.69) is 10.6 Å². The standard InChI is InChI=1S/C18H15Cl2FN2O2/c1-9-2-3-10(6-14(9)19)22-17(24)12-8-13(12)18(25)23-11-4-5-16(21)15(20)7-11/h2-7,12-13H,8H2,1H3,(H,22,24)(H,23,25). The van der Waals surface area contributed by atoms with Gasteiger partial charge in [-0.1, -0.05) is 29.3 Å². The lowest BCUT2D eigenvalue weighted by Crippen LogP contribution is -2.20. The fourth-order valence-electron chi connectivity index (χ4n) is 2.49. The Bertz CT molecular complexity index is 787. The van der Waals surface area contributed by atoms with Crippen molar-refractivity contribution >= 4 is 46.4 Å². The van der Waals surface area contributed by atoms with E-state index in [-0.39, 0.29) is 16.8 Å². The number of hydrogen-bond donors (Lipinski definition) is 2. The maximum absolute atomic E-state index is 13.1. The first-order chi connectivity index (χ1) is 11.8. The average Bonchev–Trinajstić information content (AvgIpc) is 3.35. The first-order valence-electron chi connectivity index (χ1n) is 7.68. The molecule has 25 heavy (non-hydrogen) atoms. The summed E-state index contributed by atoms with van der Waals surface area (Å²) in [7, 11) is 0. The van der Waals surface area contributed by atoms with Crippen molar-refractivity contribution in [1.82, 2.24) is 0 Å². The lowest BCUT2D eigenvalue weighted by Gasteiger charge is -2.08. The summed E-state index contributed by atoms with van der Waals surface area (Å²) in [6, 6.07) is 9.18. The van der Waals surface area contributed by atoms with Crippen molar-refractivity contribution in [2.45, 2.75) is 13.3 Å². The topological polar surface area (TPSA) is 58.2 Å². The van der Waals surface area contributed by atoms with Gasteiger partial charge >= 0.3 is 0 Å². The number of halogens is 3. The van der Waals surface area contributed by atoms with E-state index in [1.54, 1.807) is 12.1 Å². The normalized spacial score (nSPS) is 18.6. The second-order valence-electron chi connectivity index (χ2n) is 6.02. The number of hydrogen-bond acceptors (Lipinski definition) is 2. The maximum Gasteiger partial charge on any atom is 0.228 e. The minimum atomic E-state index is -0.555. The molecule has 1 aliphatic rings. The van der Waals surface area contributed by atoms with Gasteiger partial charge in [0.1, 0.15) is 5.82 Å². The highest BCUT2D eigenvalue weighted by Gasteiger charge is 2.48. The van der Waals surface area contributed by atoms with Crippen LogP contribution in [0.1, 0.15) is 12.0 Å². The summed E-state index contributed by atoms with van der Waals surface area (Å²) in [5.74, 6) is -1.87. The number of benzene rings is 2. The maximum atomic E-state index is 13.1. The van der Waals surface area contributed by atoms with E-state index < -0.39 is 17.7 Å². The summed E-state index contributed by atoms with van der Waals surface area (Å²) >= 11 is 11.7. The van der Waals surface area contributed by atoms with Gasteiger partial charge in [-0.2, -0.15) is 0 Å². The quantitative estimate of drug-likeness (QED) is 0.810. The van der Waals surface area contributed by atoms with Gasteiger partial charge in [0.2, 0.25) is 11.8 Å². The Balaban J connectivity index is 1.57. The molecule has 2 aromatic carbocycles. The van der Waals surface area contributed by atoms with E-state index in [1.807, 2.05) is 13.0 Å². The van der Waals surface area contributed by atoms with E-state index >= 15 is 0 Å². The van der Waals surface area contributed by atoms with Crippen molar-refractivity contribution in [3.05, 3.63) is 57.8 Å². The molecule has 0 radical (unpaired) electrons. The summed E-state index contributed by atoms with van der Waals surface area (Å²) in [5, 5.41) is 5.90. The molecule has 1 saturated carbocycles. The van der Waals surface area contributed by atoms with Crippen molar-refractivity contribution < 1.29 is 14.0 Å². The monoisotopic (exact) mass is 380 g/mol. The van der Waals surface area contributed by atoms with Crippen LogP contribution in [0.15, 0.2) is 36.4 Å². The van der Waals surface area contributed by atoms with E-state index in [0.29, 0.717) is 22.8 Å². The third-order valence-corrected chi connectivity index (χ3v) is 4.79. The lowest BCUT2D eigenvalue weighted by molar-refractivity contribution is -0.122. The van der Waals surface area contributed by atoms with Gasteiger partial charge in [0.25, 0.3) is 0 Å². The van der Waals surface area contributed by atoms with Gasteiger partial charge in [0, 0.05) is 16.4 Å². The third-order valence-electron chi connectivity index (χ3n) is 4.09. The second kappa shape index (κ2) is 7.02. The molecule has 2 atom stereocenters. The smallest absolute Gasteiger partial charge is 0.228 e. The number of carbonyl (C=O) groups excluding carboxylic acids is 2. The predicted molar refractivity (Wildman–Crippen MR) is 96.5 cm³/mol. The van der Waals surface area contributed by atoms with Crippen molar-refractivity contribution in [3.8, 4) is 0 Å². The molecule has 2 unspecified atom stereocenters. The molecule has 0 spiro atoms. The van der Waals surface area contributed by atoms with Crippen LogP contribution in [-0.2, 0) is 9.59 Å². The fraction of sp³-hybridized carbons (Fsp3) is 0.222. The molecule has 2 amide bonds. The molecule has 4 nitrogen and oxygen atoms in total. The summed E-state index contributed by atoms with van der Waals surface area (Å²) < 4.78 is 13.1. The van der Waals surface area contributed by atoms with E-state index in [9.17, 15) is 14.0 Å². The Hall–Kier alpha value is -2.11. The SMILES string of the molecule is Cc1ccc(NC(=O)C2CC2C(=O)Nc2ccc(F)c(Cl)c2)cc1Cl. The molecule has 7 heteroatoms. The summed E-state index contributed by atoms with van der Waals surface area (Å²) in [4.78, 5) is 24.4. The average molecular weight is 381 g/mol. The Morgan fingerprint density at radius 3 is 2.00 bits per heavy atom. The Kier molecular flexibility index (Phi) is 4.97. The van der Waals surface area contributed by atoms with Gasteiger partial charge in [0.15, 0.2) is 0 Å². The van der Waals surface area contributed by atoms with Crippen LogP contribution in [0.5, 0.6) is 0 Å². The Morgan fingerprint density at radius 2 is 1.48 bits per heavy atom. The van der Waals surface area contributed by atoms with Crippen LogP contribution in [0, 0.1) is 24.6 Å². The summed E-state index contributed by atoms with van der Waals surface area (Å²) in [6.07, 6.45) is 0.464. The van der Waals surface area contributed by atoms with Gasteiger partial charge in [-0.3, -0.25) is 9.59 Å². The second-order valence-corrected chi connectivity index (χ2v) is 6.83. The highest BCUT2D eigenvalue weighted by molar-refractivity contribution is 6.31. The van der Waals surface area contributed by atoms with Crippen molar-refractivity contribution in [2.24, 2.45) is 11.8 Å². The van der Waals surface area contributed by atoms with Gasteiger partial charge in [-0.15, -0.1) is 0 Å². The summed E-state index contributed by atoms with van der Waals surface area (Å²) in [5.41, 5.74) is 1.91. The molecule has 0 heterocycles. The molecule has 0 saturated heterocycles. The minimum absolute atomic E-state index is 0.0702. The number of rotatable bonds is 4. The zero-order chi connectivity index (χ0) is 18.1. The Labute approximate surface area is 154 Å². The van der Waals surface area contributed by atoms with Crippen LogP contribution in [0.4, 0.5) is 15.8 Å². The number of anilines is 2. The van der Waals surface area contributed by atoms with Crippen LogP contribution in [0.2, 0.25) is 10.0 Å². The van der Waals surface area contributed by atoms with Crippen LogP contribution in [0.3, 0.4) is 0 Å². The molecule has 0 bridgehead atoms. The van der Waals surface area contributed by atoms with Gasteiger partial charge in [-0.25, -0.2) is 4.39 Å². The highest BCUT2D eigenvalue weighted by atomic mass is 35.5. The van der Waals surface area contributed by atoms with Gasteiger partial charge < -0.3 is 10.6 Å². The Morgan fingerprint density at radius 1 is 0.960 bits per heavy atom. The van der Waals surface area contributed by atoms with E-state index in [1.165, 1.54) is 18.2 Å². The van der Waals surface area contributed by atoms with Gasteiger partial charge in [-0.05, 0) is 49.2 Å². The largest absolute Gasteiger partial charge is 0.326 e. The zero-order valence-corrected chi connectivity index (χ0v) is 14.8. The number of aryl methyl sites for hydroxylation is 1. The van der Waals surface area contributed by atoms with E-state index in [0.717, 1.165) is 5.56 Å². The first-order valence-corrected chi connectivity index (χ1v) is 8.43. The van der Waals surface area contributed by atoms with Crippen molar-refractivity contribution in [3.63, 3.8) is 0 Å². The molecule has 1 aliphatic carbocycles. The molecule has 0 aliphatic heterocycles. The number of carbonyl (C=O) groups is 2. The molecular formula is C18H15Cl2FN2O2. The molecule has 2 aromatic rings. The molecule has 3 rings (SSSR count). The van der Waals surface area contributed by atoms with E-state index in [4.69, 9.17) is 23.2 Å². The van der Waals surface area contributed by atoms with Crippen LogP contribution in [-0.4, -0.2) is 11.8 Å². The summed E-state index contributed by atoms with van der Waals surface area (Å²) in [6.45, 7) is 1.87. The van der Waals surface area contributed by atoms with Crippen molar-refractivity contribution in [2.75, 3.05) is 10.6 Å². The minimum Gasteiger partial charge on any atom is -0.326 e. The molecule has 0 aromatic heterocycles. The molecule has 130 valence electrons. The van der Waals surface area contributed by atoms with Crippen molar-refractivity contribution in [1.29, 1.82) is 0 Å². The lowest BCUT2D eigenvalue weighted by atomic mass is 10.2.